The topological polar surface area (TPSA) is 81.4 Å². The van der Waals surface area contributed by atoms with Crippen LogP contribution in [0.4, 0.5) is 5.69 Å². The van der Waals surface area contributed by atoms with E-state index in [-0.39, 0.29) is 5.57 Å². The molecule has 1 N–H and O–H groups in total. The van der Waals surface area contributed by atoms with Gasteiger partial charge in [-0.15, -0.1) is 11.3 Å². The number of carbonyl (C=O) groups is 2. The van der Waals surface area contributed by atoms with Crippen LogP contribution in [0.15, 0.2) is 47.5 Å². The molecule has 0 atom stereocenters. The van der Waals surface area contributed by atoms with Gasteiger partial charge in [0.2, 0.25) is 0 Å². The monoisotopic (exact) mass is 296 g/mol. The lowest BCUT2D eigenvalue weighted by Gasteiger charge is -2.14. The van der Waals surface area contributed by atoms with Crippen LogP contribution in [0.5, 0.6) is 0 Å². The molecule has 1 aromatic carbocycles. The lowest BCUT2D eigenvalue weighted by Crippen LogP contribution is -2.31. The molecule has 0 saturated heterocycles. The van der Waals surface area contributed by atoms with Gasteiger partial charge in [0.1, 0.15) is 5.57 Å². The number of hydrogen-bond donors (Lipinski definition) is 1. The minimum absolute atomic E-state index is 0.0133. The van der Waals surface area contributed by atoms with E-state index in [0.29, 0.717) is 16.1 Å². The highest BCUT2D eigenvalue weighted by Gasteiger charge is 2.40. The maximum atomic E-state index is 12.4. The Morgan fingerprint density at radius 2 is 1.81 bits per heavy atom. The number of nitriles is 1. The van der Waals surface area contributed by atoms with Gasteiger partial charge in [-0.1, -0.05) is 6.07 Å². The third kappa shape index (κ3) is 2.00. The van der Waals surface area contributed by atoms with Crippen molar-refractivity contribution < 1.29 is 14.7 Å². The maximum absolute atomic E-state index is 12.4. The quantitative estimate of drug-likeness (QED) is 0.863. The van der Waals surface area contributed by atoms with Crippen LogP contribution in [0.3, 0.4) is 0 Å². The van der Waals surface area contributed by atoms with Crippen molar-refractivity contribution in [1.29, 1.82) is 5.26 Å². The normalized spacial score (nSPS) is 14.7. The highest BCUT2D eigenvalue weighted by atomic mass is 32.1. The number of nitrogens with zero attached hydrogens (tertiary/aromatic N) is 2. The molecule has 2 amide bonds. The predicted octanol–water partition coefficient (Wildman–Crippen LogP) is 2.46. The molecule has 6 heteroatoms. The van der Waals surface area contributed by atoms with Gasteiger partial charge in [0, 0.05) is 4.88 Å². The smallest absolute Gasteiger partial charge is 0.301 e. The highest BCUT2D eigenvalue weighted by molar-refractivity contribution is 7.11. The van der Waals surface area contributed by atoms with Gasteiger partial charge in [-0.3, -0.25) is 9.59 Å². The number of thiophene rings is 1. The number of imide groups is 1. The van der Waals surface area contributed by atoms with Crippen LogP contribution >= 0.6 is 11.3 Å². The van der Waals surface area contributed by atoms with Crippen molar-refractivity contribution in [2.24, 2.45) is 0 Å². The van der Waals surface area contributed by atoms with Crippen LogP contribution in [-0.4, -0.2) is 16.9 Å². The third-order valence-electron chi connectivity index (χ3n) is 3.08. The first-order valence-corrected chi connectivity index (χ1v) is 6.87. The van der Waals surface area contributed by atoms with E-state index >= 15 is 0 Å². The summed E-state index contributed by atoms with van der Waals surface area (Å²) in [6, 6.07) is 11.4. The summed E-state index contributed by atoms with van der Waals surface area (Å²) in [5.41, 5.74) is 0.759. The van der Waals surface area contributed by atoms with Gasteiger partial charge >= 0.3 is 5.91 Å². The first-order valence-electron chi connectivity index (χ1n) is 5.99. The Morgan fingerprint density at radius 3 is 2.38 bits per heavy atom. The molecule has 1 aromatic heterocycles. The van der Waals surface area contributed by atoms with E-state index in [1.807, 2.05) is 6.07 Å². The molecule has 1 aliphatic rings. The van der Waals surface area contributed by atoms with Gasteiger partial charge in [-0.25, -0.2) is 4.90 Å². The average Bonchev–Trinajstić information content (AvgIpc) is 3.08. The number of aliphatic hydroxyl groups is 1. The number of carbonyl (C=O) groups excluding carboxylic acids is 2. The first-order chi connectivity index (χ1) is 10.1. The number of anilines is 1. The Bertz CT molecular complexity index is 798. The second-order valence-electron chi connectivity index (χ2n) is 4.31. The summed E-state index contributed by atoms with van der Waals surface area (Å²) in [5.74, 6) is -1.87. The third-order valence-corrected chi connectivity index (χ3v) is 3.97. The maximum Gasteiger partial charge on any atom is 0.301 e. The molecule has 102 valence electrons. The zero-order valence-corrected chi connectivity index (χ0v) is 11.4. The fourth-order valence-corrected chi connectivity index (χ4v) is 2.84. The molecule has 0 aliphatic carbocycles. The lowest BCUT2D eigenvalue weighted by molar-refractivity contribution is -0.121. The van der Waals surface area contributed by atoms with E-state index in [1.54, 1.807) is 17.5 Å². The van der Waals surface area contributed by atoms with Gasteiger partial charge in [-0.2, -0.15) is 5.26 Å². The molecule has 0 bridgehead atoms. The number of amides is 2. The molecule has 5 nitrogen and oxygen atoms in total. The molecular weight excluding hydrogens is 288 g/mol. The standard InChI is InChI=1S/C15H8N2O3S/c16-8-9-3-5-10(6-4-9)17-14(19)12(13(18)15(17)20)11-2-1-7-21-11/h1-7,18H. The van der Waals surface area contributed by atoms with Crippen molar-refractivity contribution in [3.05, 3.63) is 58.0 Å². The van der Waals surface area contributed by atoms with E-state index in [4.69, 9.17) is 5.26 Å². The van der Waals surface area contributed by atoms with Crippen LogP contribution in [0.2, 0.25) is 0 Å². The van der Waals surface area contributed by atoms with E-state index in [9.17, 15) is 14.7 Å². The minimum atomic E-state index is -0.756. The Hall–Kier alpha value is -2.91. The molecule has 0 spiro atoms. The number of aliphatic hydroxyl groups excluding tert-OH is 1. The number of hydrogen-bond acceptors (Lipinski definition) is 5. The molecule has 0 radical (unpaired) electrons. The molecular formula is C15H8N2O3S. The molecule has 21 heavy (non-hydrogen) atoms. The van der Waals surface area contributed by atoms with Crippen molar-refractivity contribution in [2.75, 3.05) is 4.90 Å². The van der Waals surface area contributed by atoms with E-state index in [1.165, 1.54) is 35.6 Å². The van der Waals surface area contributed by atoms with Gasteiger partial charge < -0.3 is 5.11 Å². The fraction of sp³-hybridized carbons (Fsp3) is 0. The molecule has 0 saturated carbocycles. The second-order valence-corrected chi connectivity index (χ2v) is 5.25. The highest BCUT2D eigenvalue weighted by Crippen LogP contribution is 2.33. The molecule has 3 rings (SSSR count). The van der Waals surface area contributed by atoms with E-state index < -0.39 is 17.6 Å². The van der Waals surface area contributed by atoms with Crippen LogP contribution in [0.1, 0.15) is 10.4 Å². The summed E-state index contributed by atoms with van der Waals surface area (Å²) in [5, 5.41) is 20.5. The summed E-state index contributed by atoms with van der Waals surface area (Å²) in [6.45, 7) is 0. The zero-order chi connectivity index (χ0) is 15.0. The molecule has 0 fully saturated rings. The fourth-order valence-electron chi connectivity index (χ4n) is 2.08. The minimum Gasteiger partial charge on any atom is -0.502 e. The van der Waals surface area contributed by atoms with Crippen LogP contribution in [0.25, 0.3) is 5.57 Å². The van der Waals surface area contributed by atoms with Crippen molar-refractivity contribution in [2.45, 2.75) is 0 Å². The van der Waals surface area contributed by atoms with Crippen molar-refractivity contribution in [1.82, 2.24) is 0 Å². The summed E-state index contributed by atoms with van der Waals surface area (Å²) in [6.07, 6.45) is 0. The van der Waals surface area contributed by atoms with Gasteiger partial charge in [0.05, 0.1) is 17.3 Å². The Morgan fingerprint density at radius 1 is 1.10 bits per heavy atom. The van der Waals surface area contributed by atoms with Crippen molar-refractivity contribution in [3.8, 4) is 6.07 Å². The van der Waals surface area contributed by atoms with Crippen LogP contribution in [0, 0.1) is 11.3 Å². The summed E-state index contributed by atoms with van der Waals surface area (Å²) >= 11 is 1.27. The van der Waals surface area contributed by atoms with Crippen LogP contribution < -0.4 is 4.90 Å². The Balaban J connectivity index is 2.02. The number of rotatable bonds is 2. The second kappa shape index (κ2) is 4.89. The van der Waals surface area contributed by atoms with E-state index in [0.717, 1.165) is 4.90 Å². The van der Waals surface area contributed by atoms with Crippen LogP contribution in [-0.2, 0) is 9.59 Å². The molecule has 2 aromatic rings. The van der Waals surface area contributed by atoms with Crippen molar-refractivity contribution in [3.63, 3.8) is 0 Å². The van der Waals surface area contributed by atoms with Gasteiger partial charge in [-0.05, 0) is 35.7 Å². The van der Waals surface area contributed by atoms with E-state index in [2.05, 4.69) is 0 Å². The number of benzene rings is 1. The molecule has 1 aliphatic heterocycles. The molecule has 2 heterocycles. The van der Waals surface area contributed by atoms with Gasteiger partial charge in [0.25, 0.3) is 5.91 Å². The first kappa shape index (κ1) is 13.1. The largest absolute Gasteiger partial charge is 0.502 e. The van der Waals surface area contributed by atoms with Crippen molar-refractivity contribution >= 4 is 34.4 Å². The zero-order valence-electron chi connectivity index (χ0n) is 10.6. The summed E-state index contributed by atoms with van der Waals surface area (Å²) in [4.78, 5) is 26.0. The Labute approximate surface area is 124 Å². The summed E-state index contributed by atoms with van der Waals surface area (Å²) < 4.78 is 0. The Kier molecular flexibility index (Phi) is 3.05. The summed E-state index contributed by atoms with van der Waals surface area (Å²) in [7, 11) is 0. The average molecular weight is 296 g/mol. The molecule has 0 unspecified atom stereocenters. The van der Waals surface area contributed by atoms with Gasteiger partial charge in [0.15, 0.2) is 5.76 Å². The SMILES string of the molecule is N#Cc1ccc(N2C(=O)C(O)=C(c3cccs3)C2=O)cc1. The lowest BCUT2D eigenvalue weighted by atomic mass is 10.2. The predicted molar refractivity (Wildman–Crippen MR) is 77.5 cm³/mol.